The molecule has 0 bridgehead atoms. The Balaban J connectivity index is 2.03. The van der Waals surface area contributed by atoms with E-state index in [4.69, 9.17) is 16.0 Å². The molecule has 0 saturated carbocycles. The second-order valence-corrected chi connectivity index (χ2v) is 4.56. The predicted octanol–water partition coefficient (Wildman–Crippen LogP) is 2.02. The first-order valence-electron chi connectivity index (χ1n) is 5.11. The van der Waals surface area contributed by atoms with Crippen molar-refractivity contribution in [3.8, 4) is 22.2 Å². The molecule has 18 heavy (non-hydrogen) atoms. The number of nitrogens with zero attached hydrogens (tertiary/aromatic N) is 3. The molecule has 0 spiro atoms. The van der Waals surface area contributed by atoms with Crippen LogP contribution in [0.2, 0.25) is 0 Å². The van der Waals surface area contributed by atoms with Crippen LogP contribution in [0.15, 0.2) is 34.4 Å². The largest absolute Gasteiger partial charge is 0.399 e. The maximum atomic E-state index is 5.72. The quantitative estimate of drug-likeness (QED) is 0.682. The van der Waals surface area contributed by atoms with Crippen molar-refractivity contribution in [2.24, 2.45) is 0 Å². The van der Waals surface area contributed by atoms with Gasteiger partial charge < -0.3 is 16.0 Å². The number of hydrogen-bond acceptors (Lipinski definition) is 7. The summed E-state index contributed by atoms with van der Waals surface area (Å²) in [6.07, 6.45) is 1.69. The van der Waals surface area contributed by atoms with Crippen LogP contribution in [0.5, 0.6) is 0 Å². The van der Waals surface area contributed by atoms with Crippen molar-refractivity contribution in [2.75, 3.05) is 11.5 Å². The van der Waals surface area contributed by atoms with Gasteiger partial charge in [-0.25, -0.2) is 0 Å². The van der Waals surface area contributed by atoms with Gasteiger partial charge in [0, 0.05) is 23.1 Å². The van der Waals surface area contributed by atoms with Crippen molar-refractivity contribution in [1.29, 1.82) is 0 Å². The Morgan fingerprint density at radius 1 is 1.11 bits per heavy atom. The summed E-state index contributed by atoms with van der Waals surface area (Å²) in [6.45, 7) is 0. The van der Waals surface area contributed by atoms with Gasteiger partial charge in [-0.05, 0) is 18.2 Å². The SMILES string of the molecule is Nc1cc(N)cc(-c2nc(-c3cncs3)no2)c1. The van der Waals surface area contributed by atoms with Gasteiger partial charge in [0.25, 0.3) is 5.89 Å². The minimum Gasteiger partial charge on any atom is -0.399 e. The van der Waals surface area contributed by atoms with Gasteiger partial charge in [0.15, 0.2) is 0 Å². The average molecular weight is 259 g/mol. The molecule has 3 aromatic rings. The lowest BCUT2D eigenvalue weighted by Gasteiger charge is -1.99. The van der Waals surface area contributed by atoms with E-state index in [0.29, 0.717) is 28.7 Å². The zero-order valence-electron chi connectivity index (χ0n) is 9.20. The van der Waals surface area contributed by atoms with Crippen LogP contribution in [0.25, 0.3) is 22.2 Å². The molecule has 0 saturated heterocycles. The lowest BCUT2D eigenvalue weighted by Crippen LogP contribution is -1.91. The molecule has 6 nitrogen and oxygen atoms in total. The Kier molecular flexibility index (Phi) is 2.45. The van der Waals surface area contributed by atoms with Gasteiger partial charge in [-0.2, -0.15) is 4.98 Å². The maximum absolute atomic E-state index is 5.72. The van der Waals surface area contributed by atoms with E-state index >= 15 is 0 Å². The summed E-state index contributed by atoms with van der Waals surface area (Å²) in [6, 6.07) is 5.14. The van der Waals surface area contributed by atoms with E-state index in [0.717, 1.165) is 4.88 Å². The molecule has 4 N–H and O–H groups in total. The number of nitrogens with two attached hydrogens (primary N) is 2. The zero-order chi connectivity index (χ0) is 12.5. The van der Waals surface area contributed by atoms with Crippen LogP contribution in [0.1, 0.15) is 0 Å². The van der Waals surface area contributed by atoms with E-state index in [1.54, 1.807) is 29.9 Å². The first-order chi connectivity index (χ1) is 8.72. The number of anilines is 2. The smallest absolute Gasteiger partial charge is 0.258 e. The monoisotopic (exact) mass is 259 g/mol. The van der Waals surface area contributed by atoms with Crippen molar-refractivity contribution in [1.82, 2.24) is 15.1 Å². The summed E-state index contributed by atoms with van der Waals surface area (Å²) in [4.78, 5) is 9.10. The first kappa shape index (κ1) is 10.7. The van der Waals surface area contributed by atoms with Crippen LogP contribution in [0.4, 0.5) is 11.4 Å². The molecule has 0 amide bonds. The molecule has 0 atom stereocenters. The van der Waals surface area contributed by atoms with Gasteiger partial charge in [-0.1, -0.05) is 5.16 Å². The summed E-state index contributed by atoms with van der Waals surface area (Å²) < 4.78 is 5.19. The highest BCUT2D eigenvalue weighted by molar-refractivity contribution is 7.13. The molecule has 2 heterocycles. The second-order valence-electron chi connectivity index (χ2n) is 3.68. The molecule has 0 fully saturated rings. The van der Waals surface area contributed by atoms with E-state index < -0.39 is 0 Å². The van der Waals surface area contributed by atoms with E-state index in [1.807, 2.05) is 0 Å². The summed E-state index contributed by atoms with van der Waals surface area (Å²) >= 11 is 1.45. The topological polar surface area (TPSA) is 104 Å². The number of nitrogen functional groups attached to an aromatic ring is 2. The van der Waals surface area contributed by atoms with Crippen LogP contribution in [0.3, 0.4) is 0 Å². The van der Waals surface area contributed by atoms with Gasteiger partial charge in [-0.3, -0.25) is 4.98 Å². The van der Waals surface area contributed by atoms with E-state index in [2.05, 4.69) is 15.1 Å². The number of benzene rings is 1. The van der Waals surface area contributed by atoms with Crippen molar-refractivity contribution < 1.29 is 4.52 Å². The first-order valence-corrected chi connectivity index (χ1v) is 5.99. The molecule has 7 heteroatoms. The summed E-state index contributed by atoms with van der Waals surface area (Å²) in [5.41, 5.74) is 15.0. The Bertz CT molecular complexity index is 656. The van der Waals surface area contributed by atoms with E-state index in [1.165, 1.54) is 11.3 Å². The number of rotatable bonds is 2. The maximum Gasteiger partial charge on any atom is 0.258 e. The molecular formula is C11H9N5OS. The summed E-state index contributed by atoms with van der Waals surface area (Å²) in [7, 11) is 0. The molecule has 90 valence electrons. The molecule has 3 rings (SSSR count). The van der Waals surface area contributed by atoms with Crippen molar-refractivity contribution in [2.45, 2.75) is 0 Å². The van der Waals surface area contributed by atoms with E-state index in [9.17, 15) is 0 Å². The third-order valence-electron chi connectivity index (χ3n) is 2.30. The molecule has 2 aromatic heterocycles. The summed E-state index contributed by atoms with van der Waals surface area (Å²) in [5, 5.41) is 3.90. The Morgan fingerprint density at radius 2 is 1.89 bits per heavy atom. The van der Waals surface area contributed by atoms with Crippen molar-refractivity contribution in [3.63, 3.8) is 0 Å². The third-order valence-corrected chi connectivity index (χ3v) is 3.07. The second kappa shape index (κ2) is 4.11. The lowest BCUT2D eigenvalue weighted by atomic mass is 10.2. The normalized spacial score (nSPS) is 10.7. The number of aromatic nitrogens is 3. The minimum absolute atomic E-state index is 0.386. The van der Waals surface area contributed by atoms with Crippen LogP contribution in [-0.4, -0.2) is 15.1 Å². The Morgan fingerprint density at radius 3 is 2.56 bits per heavy atom. The molecule has 0 unspecified atom stereocenters. The van der Waals surface area contributed by atoms with Crippen LogP contribution < -0.4 is 11.5 Å². The molecule has 0 aliphatic heterocycles. The Labute approximate surface area is 106 Å². The molecule has 0 aliphatic carbocycles. The highest BCUT2D eigenvalue weighted by atomic mass is 32.1. The lowest BCUT2D eigenvalue weighted by molar-refractivity contribution is 0.432. The van der Waals surface area contributed by atoms with Crippen molar-refractivity contribution in [3.05, 3.63) is 29.9 Å². The van der Waals surface area contributed by atoms with Gasteiger partial charge >= 0.3 is 0 Å². The summed E-state index contributed by atoms with van der Waals surface area (Å²) in [5.74, 6) is 0.894. The molecule has 0 radical (unpaired) electrons. The predicted molar refractivity (Wildman–Crippen MR) is 69.7 cm³/mol. The number of hydrogen-bond donors (Lipinski definition) is 2. The Hall–Kier alpha value is -2.41. The standard InChI is InChI=1S/C11H9N5OS/c12-7-1-6(2-8(13)3-7)11-15-10(16-17-11)9-4-14-5-18-9/h1-5H,12-13H2. The molecular weight excluding hydrogens is 250 g/mol. The molecule has 0 aliphatic rings. The number of thiazole rings is 1. The zero-order valence-corrected chi connectivity index (χ0v) is 10.0. The van der Waals surface area contributed by atoms with Gasteiger partial charge in [0.1, 0.15) is 0 Å². The highest BCUT2D eigenvalue weighted by Gasteiger charge is 2.12. The van der Waals surface area contributed by atoms with E-state index in [-0.39, 0.29) is 0 Å². The highest BCUT2D eigenvalue weighted by Crippen LogP contribution is 2.26. The van der Waals surface area contributed by atoms with Gasteiger partial charge in [0.2, 0.25) is 5.82 Å². The average Bonchev–Trinajstić information content (AvgIpc) is 2.99. The third kappa shape index (κ3) is 1.91. The fourth-order valence-electron chi connectivity index (χ4n) is 1.57. The van der Waals surface area contributed by atoms with Crippen LogP contribution >= 0.6 is 11.3 Å². The fourth-order valence-corrected chi connectivity index (χ4v) is 2.11. The van der Waals surface area contributed by atoms with Gasteiger partial charge in [-0.15, -0.1) is 11.3 Å². The van der Waals surface area contributed by atoms with Gasteiger partial charge in [0.05, 0.1) is 10.4 Å². The van der Waals surface area contributed by atoms with Crippen LogP contribution in [0, 0.1) is 0 Å². The fraction of sp³-hybridized carbons (Fsp3) is 0. The van der Waals surface area contributed by atoms with Crippen LogP contribution in [-0.2, 0) is 0 Å². The molecule has 1 aromatic carbocycles. The van der Waals surface area contributed by atoms with Crippen molar-refractivity contribution >= 4 is 22.7 Å². The minimum atomic E-state index is 0.386.